The molecule has 0 aliphatic heterocycles. The molecule has 0 bridgehead atoms. The van der Waals surface area contributed by atoms with Crippen LogP contribution in [0.4, 0.5) is 0 Å². The van der Waals surface area contributed by atoms with Crippen molar-refractivity contribution in [3.8, 4) is 0 Å². The fourth-order valence-corrected chi connectivity index (χ4v) is 4.04. The second-order valence-electron chi connectivity index (χ2n) is 7.64. The summed E-state index contributed by atoms with van der Waals surface area (Å²) < 4.78 is 6.14. The zero-order valence-corrected chi connectivity index (χ0v) is 14.9. The van der Waals surface area contributed by atoms with E-state index in [1.165, 1.54) is 44.9 Å². The molecule has 3 nitrogen and oxygen atoms in total. The fourth-order valence-electron chi connectivity index (χ4n) is 3.91. The monoisotopic (exact) mass is 347 g/mol. The molecule has 3 aliphatic rings. The molecule has 0 radical (unpaired) electrons. The summed E-state index contributed by atoms with van der Waals surface area (Å²) in [6.45, 7) is 0.492. The third-order valence-corrected chi connectivity index (χ3v) is 5.92. The Morgan fingerprint density at radius 2 is 1.67 bits per heavy atom. The number of ether oxygens (including phenoxy) is 1. The van der Waals surface area contributed by atoms with Crippen molar-refractivity contribution in [1.29, 1.82) is 0 Å². The van der Waals surface area contributed by atoms with Crippen LogP contribution >= 0.6 is 11.6 Å². The zero-order chi connectivity index (χ0) is 16.6. The number of carbonyl (C=O) groups is 1. The van der Waals surface area contributed by atoms with Crippen LogP contribution in [0.5, 0.6) is 0 Å². The molecule has 0 heterocycles. The Hall–Kier alpha value is -1.06. The van der Waals surface area contributed by atoms with Gasteiger partial charge in [-0.25, -0.2) is 0 Å². The molecule has 3 saturated carbocycles. The highest BCUT2D eigenvalue weighted by Crippen LogP contribution is 2.45. The third kappa shape index (κ3) is 3.48. The summed E-state index contributed by atoms with van der Waals surface area (Å²) in [6, 6.07) is 8.64. The van der Waals surface area contributed by atoms with Crippen molar-refractivity contribution < 1.29 is 9.53 Å². The fraction of sp³-hybridized carbons (Fsp3) is 0.650. The Morgan fingerprint density at radius 3 is 2.25 bits per heavy atom. The smallest absolute Gasteiger partial charge is 0.255 e. The predicted octanol–water partition coefficient (Wildman–Crippen LogP) is 4.71. The summed E-state index contributed by atoms with van der Waals surface area (Å²) in [4.78, 5) is 15.5. The van der Waals surface area contributed by atoms with E-state index >= 15 is 0 Å². The predicted molar refractivity (Wildman–Crippen MR) is 94.9 cm³/mol. The quantitative estimate of drug-likeness (QED) is 0.745. The Labute approximate surface area is 149 Å². The normalized spacial score (nSPS) is 23.0. The van der Waals surface area contributed by atoms with Crippen LogP contribution < -0.4 is 0 Å². The van der Waals surface area contributed by atoms with Crippen molar-refractivity contribution in [2.24, 2.45) is 0 Å². The standard InChI is InChI=1S/C20H26ClNO2/c21-16-8-6-15(7-9-16)14-24-20(12-13-20)19(23)22(18-10-11-18)17-4-2-1-3-5-17/h6-9,17-18H,1-5,10-14H2. The summed E-state index contributed by atoms with van der Waals surface area (Å²) in [7, 11) is 0. The van der Waals surface area contributed by atoms with Gasteiger partial charge in [-0.3, -0.25) is 4.79 Å². The van der Waals surface area contributed by atoms with Crippen LogP contribution in [0.1, 0.15) is 63.4 Å². The first kappa shape index (κ1) is 16.4. The van der Waals surface area contributed by atoms with Crippen LogP contribution in [0.2, 0.25) is 5.02 Å². The first-order valence-electron chi connectivity index (χ1n) is 9.39. The van der Waals surface area contributed by atoms with Crippen LogP contribution in [0.3, 0.4) is 0 Å². The lowest BCUT2D eigenvalue weighted by Crippen LogP contribution is -2.49. The molecule has 0 aromatic heterocycles. The highest BCUT2D eigenvalue weighted by Gasteiger charge is 2.56. The molecule has 0 spiro atoms. The number of nitrogens with zero attached hydrogens (tertiary/aromatic N) is 1. The first-order chi connectivity index (χ1) is 11.7. The Balaban J connectivity index is 1.42. The molecular weight excluding hydrogens is 322 g/mol. The van der Waals surface area contributed by atoms with Gasteiger partial charge in [-0.1, -0.05) is 43.0 Å². The molecule has 3 fully saturated rings. The molecule has 0 saturated heterocycles. The molecule has 4 rings (SSSR count). The van der Waals surface area contributed by atoms with Gasteiger partial charge in [0.1, 0.15) is 5.60 Å². The topological polar surface area (TPSA) is 29.5 Å². The summed E-state index contributed by atoms with van der Waals surface area (Å²) in [5.74, 6) is 0.269. The van der Waals surface area contributed by atoms with Gasteiger partial charge < -0.3 is 9.64 Å². The second-order valence-corrected chi connectivity index (χ2v) is 8.08. The Morgan fingerprint density at radius 1 is 1.04 bits per heavy atom. The Kier molecular flexibility index (Phi) is 4.57. The average Bonchev–Trinajstić information content (AvgIpc) is 3.51. The second kappa shape index (κ2) is 6.68. The third-order valence-electron chi connectivity index (χ3n) is 5.67. The van der Waals surface area contributed by atoms with Gasteiger partial charge in [-0.2, -0.15) is 0 Å². The number of benzene rings is 1. The minimum absolute atomic E-state index is 0.269. The zero-order valence-electron chi connectivity index (χ0n) is 14.2. The molecule has 0 unspecified atom stereocenters. The lowest BCUT2D eigenvalue weighted by atomic mass is 9.93. The average molecular weight is 348 g/mol. The van der Waals surface area contributed by atoms with E-state index in [-0.39, 0.29) is 5.91 Å². The maximum Gasteiger partial charge on any atom is 0.255 e. The van der Waals surface area contributed by atoms with E-state index in [1.807, 2.05) is 24.3 Å². The van der Waals surface area contributed by atoms with Crippen LogP contribution in [-0.4, -0.2) is 28.5 Å². The number of halogens is 1. The molecule has 0 atom stereocenters. The van der Waals surface area contributed by atoms with Crippen molar-refractivity contribution in [3.05, 3.63) is 34.9 Å². The van der Waals surface area contributed by atoms with Gasteiger partial charge in [0.25, 0.3) is 5.91 Å². The summed E-state index contributed by atoms with van der Waals surface area (Å²) in [5.41, 5.74) is 0.536. The van der Waals surface area contributed by atoms with E-state index in [0.717, 1.165) is 23.4 Å². The lowest BCUT2D eigenvalue weighted by molar-refractivity contribution is -0.151. The summed E-state index contributed by atoms with van der Waals surface area (Å²) in [5, 5.41) is 0.730. The van der Waals surface area contributed by atoms with E-state index in [2.05, 4.69) is 4.90 Å². The molecular formula is C20H26ClNO2. The largest absolute Gasteiger partial charge is 0.360 e. The van der Waals surface area contributed by atoms with E-state index in [4.69, 9.17) is 16.3 Å². The molecule has 4 heteroatoms. The number of carbonyl (C=O) groups excluding carboxylic acids is 1. The molecule has 1 aromatic rings. The van der Waals surface area contributed by atoms with Crippen molar-refractivity contribution in [2.45, 2.75) is 82.1 Å². The molecule has 130 valence electrons. The van der Waals surface area contributed by atoms with Gasteiger partial charge in [0.15, 0.2) is 0 Å². The number of hydrogen-bond donors (Lipinski definition) is 0. The summed E-state index contributed by atoms with van der Waals surface area (Å²) >= 11 is 5.93. The van der Waals surface area contributed by atoms with Gasteiger partial charge in [-0.05, 0) is 56.2 Å². The van der Waals surface area contributed by atoms with E-state index in [0.29, 0.717) is 18.7 Å². The molecule has 24 heavy (non-hydrogen) atoms. The maximum atomic E-state index is 13.3. The maximum absolute atomic E-state index is 13.3. The molecule has 0 N–H and O–H groups in total. The minimum Gasteiger partial charge on any atom is -0.360 e. The SMILES string of the molecule is O=C(N(C1CCCCC1)C1CC1)C1(OCc2ccc(Cl)cc2)CC1. The highest BCUT2D eigenvalue weighted by molar-refractivity contribution is 6.30. The van der Waals surface area contributed by atoms with Crippen molar-refractivity contribution >= 4 is 17.5 Å². The van der Waals surface area contributed by atoms with Gasteiger partial charge in [-0.15, -0.1) is 0 Å². The van der Waals surface area contributed by atoms with Crippen molar-refractivity contribution in [2.75, 3.05) is 0 Å². The van der Waals surface area contributed by atoms with Crippen LogP contribution in [0.25, 0.3) is 0 Å². The van der Waals surface area contributed by atoms with Crippen LogP contribution in [0.15, 0.2) is 24.3 Å². The number of amides is 1. The van der Waals surface area contributed by atoms with E-state index < -0.39 is 5.60 Å². The van der Waals surface area contributed by atoms with Gasteiger partial charge >= 0.3 is 0 Å². The van der Waals surface area contributed by atoms with Crippen molar-refractivity contribution in [3.63, 3.8) is 0 Å². The molecule has 3 aliphatic carbocycles. The summed E-state index contributed by atoms with van der Waals surface area (Å²) in [6.07, 6.45) is 10.3. The Bertz CT molecular complexity index is 586. The number of hydrogen-bond acceptors (Lipinski definition) is 2. The van der Waals surface area contributed by atoms with Gasteiger partial charge in [0, 0.05) is 17.1 Å². The van der Waals surface area contributed by atoms with Crippen molar-refractivity contribution in [1.82, 2.24) is 4.90 Å². The molecule has 1 aromatic carbocycles. The minimum atomic E-state index is -0.542. The van der Waals surface area contributed by atoms with Gasteiger partial charge in [0.05, 0.1) is 6.61 Å². The van der Waals surface area contributed by atoms with Crippen LogP contribution in [0, 0.1) is 0 Å². The number of rotatable bonds is 6. The van der Waals surface area contributed by atoms with Gasteiger partial charge in [0.2, 0.25) is 0 Å². The first-order valence-corrected chi connectivity index (χ1v) is 9.77. The highest BCUT2D eigenvalue weighted by atomic mass is 35.5. The lowest BCUT2D eigenvalue weighted by Gasteiger charge is -2.37. The van der Waals surface area contributed by atoms with E-state index in [9.17, 15) is 4.79 Å². The molecule has 1 amide bonds. The van der Waals surface area contributed by atoms with E-state index in [1.54, 1.807) is 0 Å². The van der Waals surface area contributed by atoms with Crippen LogP contribution in [-0.2, 0) is 16.1 Å².